The third-order valence-electron chi connectivity index (χ3n) is 2.63. The number of hydrogen-bond donors (Lipinski definition) is 1. The first kappa shape index (κ1) is 11.8. The molecule has 1 rings (SSSR count). The van der Waals surface area contributed by atoms with Crippen LogP contribution in [0.4, 0.5) is 11.5 Å². The van der Waals surface area contributed by atoms with Crippen molar-refractivity contribution in [2.45, 2.75) is 33.1 Å². The molecule has 0 aliphatic rings. The molecule has 0 radical (unpaired) electrons. The van der Waals surface area contributed by atoms with E-state index < -0.39 is 0 Å². The van der Waals surface area contributed by atoms with Gasteiger partial charge in [-0.1, -0.05) is 19.8 Å². The van der Waals surface area contributed by atoms with Gasteiger partial charge in [-0.3, -0.25) is 0 Å². The van der Waals surface area contributed by atoms with Crippen LogP contribution >= 0.6 is 0 Å². The summed E-state index contributed by atoms with van der Waals surface area (Å²) in [6.45, 7) is 5.29. The molecule has 0 amide bonds. The van der Waals surface area contributed by atoms with Crippen molar-refractivity contribution in [2.24, 2.45) is 0 Å². The number of rotatable bonds is 5. The molecule has 3 nitrogen and oxygen atoms in total. The van der Waals surface area contributed by atoms with E-state index >= 15 is 0 Å². The van der Waals surface area contributed by atoms with Crippen molar-refractivity contribution in [3.8, 4) is 0 Å². The van der Waals surface area contributed by atoms with Gasteiger partial charge >= 0.3 is 0 Å². The zero-order chi connectivity index (χ0) is 11.3. The smallest absolute Gasteiger partial charge is 0.128 e. The highest BCUT2D eigenvalue weighted by molar-refractivity contribution is 5.51. The van der Waals surface area contributed by atoms with Crippen molar-refractivity contribution >= 4 is 11.5 Å². The summed E-state index contributed by atoms with van der Waals surface area (Å²) in [5.41, 5.74) is 7.59. The van der Waals surface area contributed by atoms with Crippen LogP contribution in [0, 0.1) is 6.92 Å². The molecule has 0 atom stereocenters. The highest BCUT2D eigenvalue weighted by atomic mass is 15.2. The van der Waals surface area contributed by atoms with Gasteiger partial charge in [-0.25, -0.2) is 4.98 Å². The third kappa shape index (κ3) is 3.42. The minimum atomic E-state index is 0.765. The first-order valence-electron chi connectivity index (χ1n) is 5.58. The van der Waals surface area contributed by atoms with Crippen LogP contribution in [0.5, 0.6) is 0 Å². The summed E-state index contributed by atoms with van der Waals surface area (Å²) in [6, 6.07) is 2.04. The van der Waals surface area contributed by atoms with Crippen molar-refractivity contribution in [3.05, 3.63) is 17.8 Å². The Kier molecular flexibility index (Phi) is 4.40. The van der Waals surface area contributed by atoms with Gasteiger partial charge in [-0.2, -0.15) is 0 Å². The van der Waals surface area contributed by atoms with Crippen molar-refractivity contribution in [1.29, 1.82) is 0 Å². The molecule has 1 aromatic rings. The lowest BCUT2D eigenvalue weighted by Gasteiger charge is -2.18. The molecule has 0 aliphatic heterocycles. The number of pyridine rings is 1. The standard InChI is InChI=1S/C12H21N3/c1-4-5-6-7-15(3)12-8-10(2)11(13)9-14-12/h8-9H,4-7,13H2,1-3H3. The highest BCUT2D eigenvalue weighted by Crippen LogP contribution is 2.16. The maximum Gasteiger partial charge on any atom is 0.128 e. The SMILES string of the molecule is CCCCCN(C)c1cc(C)c(N)cn1. The largest absolute Gasteiger partial charge is 0.397 e. The molecule has 3 heteroatoms. The lowest BCUT2D eigenvalue weighted by atomic mass is 10.2. The second kappa shape index (κ2) is 5.59. The summed E-state index contributed by atoms with van der Waals surface area (Å²) >= 11 is 0. The third-order valence-corrected chi connectivity index (χ3v) is 2.63. The molecule has 84 valence electrons. The quantitative estimate of drug-likeness (QED) is 0.755. The fraction of sp³-hybridized carbons (Fsp3) is 0.583. The molecular weight excluding hydrogens is 186 g/mol. The van der Waals surface area contributed by atoms with Crippen molar-refractivity contribution < 1.29 is 0 Å². The van der Waals surface area contributed by atoms with Gasteiger partial charge in [0.1, 0.15) is 5.82 Å². The van der Waals surface area contributed by atoms with E-state index in [1.54, 1.807) is 6.20 Å². The number of hydrogen-bond acceptors (Lipinski definition) is 3. The molecule has 0 aliphatic carbocycles. The molecule has 0 saturated carbocycles. The van der Waals surface area contributed by atoms with Crippen LogP contribution in [0.15, 0.2) is 12.3 Å². The Hall–Kier alpha value is -1.25. The van der Waals surface area contributed by atoms with E-state index in [1.165, 1.54) is 19.3 Å². The Balaban J connectivity index is 2.57. The van der Waals surface area contributed by atoms with Gasteiger partial charge < -0.3 is 10.6 Å². The molecule has 0 unspecified atom stereocenters. The summed E-state index contributed by atoms with van der Waals surface area (Å²) in [7, 11) is 2.08. The number of aromatic nitrogens is 1. The Morgan fingerprint density at radius 3 is 2.73 bits per heavy atom. The van der Waals surface area contributed by atoms with E-state index in [-0.39, 0.29) is 0 Å². The molecule has 0 aromatic carbocycles. The number of nitrogen functional groups attached to an aromatic ring is 1. The Bertz CT molecular complexity index is 310. The predicted molar refractivity (Wildman–Crippen MR) is 66.2 cm³/mol. The van der Waals surface area contributed by atoms with Crippen LogP contribution in [0.3, 0.4) is 0 Å². The van der Waals surface area contributed by atoms with Crippen molar-refractivity contribution in [1.82, 2.24) is 4.98 Å². The molecule has 1 aromatic heterocycles. The topological polar surface area (TPSA) is 42.1 Å². The van der Waals surface area contributed by atoms with Gasteiger partial charge in [-0.15, -0.1) is 0 Å². The average molecular weight is 207 g/mol. The van der Waals surface area contributed by atoms with E-state index in [4.69, 9.17) is 5.73 Å². The fourth-order valence-electron chi connectivity index (χ4n) is 1.47. The minimum absolute atomic E-state index is 0.765. The van der Waals surface area contributed by atoms with E-state index in [9.17, 15) is 0 Å². The van der Waals surface area contributed by atoms with Crippen LogP contribution in [-0.4, -0.2) is 18.6 Å². The molecule has 0 bridgehead atoms. The monoisotopic (exact) mass is 207 g/mol. The second-order valence-corrected chi connectivity index (χ2v) is 4.03. The minimum Gasteiger partial charge on any atom is -0.397 e. The summed E-state index contributed by atoms with van der Waals surface area (Å²) in [4.78, 5) is 6.50. The van der Waals surface area contributed by atoms with Gasteiger partial charge in [-0.05, 0) is 25.0 Å². The second-order valence-electron chi connectivity index (χ2n) is 4.03. The van der Waals surface area contributed by atoms with Gasteiger partial charge in [0.25, 0.3) is 0 Å². The van der Waals surface area contributed by atoms with Gasteiger partial charge in [0.2, 0.25) is 0 Å². The Morgan fingerprint density at radius 2 is 2.13 bits per heavy atom. The predicted octanol–water partition coefficient (Wildman–Crippen LogP) is 2.60. The summed E-state index contributed by atoms with van der Waals surface area (Å²) < 4.78 is 0. The molecule has 1 heterocycles. The fourth-order valence-corrected chi connectivity index (χ4v) is 1.47. The summed E-state index contributed by atoms with van der Waals surface area (Å²) in [5, 5.41) is 0. The lowest BCUT2D eigenvalue weighted by molar-refractivity contribution is 0.701. The van der Waals surface area contributed by atoms with Crippen molar-refractivity contribution in [3.63, 3.8) is 0 Å². The maximum absolute atomic E-state index is 5.73. The van der Waals surface area contributed by atoms with Crippen LogP contribution in [0.1, 0.15) is 31.7 Å². The van der Waals surface area contributed by atoms with Gasteiger partial charge in [0.15, 0.2) is 0 Å². The lowest BCUT2D eigenvalue weighted by Crippen LogP contribution is -2.19. The number of unbranched alkanes of at least 4 members (excludes halogenated alkanes) is 2. The average Bonchev–Trinajstić information content (AvgIpc) is 2.22. The van der Waals surface area contributed by atoms with Crippen LogP contribution in [0.2, 0.25) is 0 Å². The zero-order valence-corrected chi connectivity index (χ0v) is 9.95. The Labute approximate surface area is 92.3 Å². The molecule has 0 saturated heterocycles. The van der Waals surface area contributed by atoms with Crippen molar-refractivity contribution in [2.75, 3.05) is 24.2 Å². The van der Waals surface area contributed by atoms with Crippen LogP contribution in [-0.2, 0) is 0 Å². The van der Waals surface area contributed by atoms with Gasteiger partial charge in [0.05, 0.1) is 11.9 Å². The molecule has 0 fully saturated rings. The van der Waals surface area contributed by atoms with Crippen LogP contribution < -0.4 is 10.6 Å². The normalized spacial score (nSPS) is 10.3. The van der Waals surface area contributed by atoms with E-state index in [0.29, 0.717) is 0 Å². The Morgan fingerprint density at radius 1 is 1.40 bits per heavy atom. The molecule has 2 N–H and O–H groups in total. The first-order valence-corrected chi connectivity index (χ1v) is 5.58. The van der Waals surface area contributed by atoms with E-state index in [0.717, 1.165) is 23.6 Å². The summed E-state index contributed by atoms with van der Waals surface area (Å²) in [6.07, 6.45) is 5.49. The van der Waals surface area contributed by atoms with E-state index in [1.807, 2.05) is 13.0 Å². The molecule has 15 heavy (non-hydrogen) atoms. The number of aryl methyl sites for hydroxylation is 1. The summed E-state index contributed by atoms with van der Waals surface area (Å²) in [5.74, 6) is 1.01. The highest BCUT2D eigenvalue weighted by Gasteiger charge is 2.03. The number of nitrogens with zero attached hydrogens (tertiary/aromatic N) is 2. The number of nitrogens with two attached hydrogens (primary N) is 1. The number of anilines is 2. The maximum atomic E-state index is 5.73. The molecular formula is C12H21N3. The van der Waals surface area contributed by atoms with E-state index in [2.05, 4.69) is 23.9 Å². The molecule has 0 spiro atoms. The first-order chi connectivity index (χ1) is 7.15. The van der Waals surface area contributed by atoms with Gasteiger partial charge in [0, 0.05) is 13.6 Å². The van der Waals surface area contributed by atoms with Crippen LogP contribution in [0.25, 0.3) is 0 Å². The zero-order valence-electron chi connectivity index (χ0n) is 9.95.